The van der Waals surface area contributed by atoms with E-state index in [2.05, 4.69) is 0 Å². The Bertz CT molecular complexity index is 746. The maximum Gasteiger partial charge on any atom is 0.460 e. The van der Waals surface area contributed by atoms with Crippen LogP contribution in [0.1, 0.15) is 32.6 Å². The molecule has 1 amide bonds. The molecule has 0 aliphatic carbocycles. The van der Waals surface area contributed by atoms with Gasteiger partial charge in [-0.3, -0.25) is 9.52 Å². The van der Waals surface area contributed by atoms with Crippen LogP contribution in [0, 0.1) is 0 Å². The highest BCUT2D eigenvalue weighted by Gasteiger charge is 2.90. The summed E-state index contributed by atoms with van der Waals surface area (Å²) >= 11 is 0. The molecular formula is C13H14F13NO3S. The summed E-state index contributed by atoms with van der Waals surface area (Å²) in [5.74, 6) is -40.5. The molecule has 0 radical (unpaired) electrons. The van der Waals surface area contributed by atoms with Crippen molar-refractivity contribution < 1.29 is 70.3 Å². The molecule has 0 aliphatic rings. The van der Waals surface area contributed by atoms with Crippen LogP contribution in [0.5, 0.6) is 0 Å². The molecule has 18 heteroatoms. The van der Waals surface area contributed by atoms with Crippen molar-refractivity contribution in [3.63, 3.8) is 0 Å². The molecule has 0 saturated heterocycles. The minimum Gasteiger partial charge on any atom is -0.274 e. The standard InChI is InChI=1S/C13H14F13NO3S/c1-2-3-6-31(29,30)27-7(28)4-5-8(14,15)9(16,17)10(18,19)11(20,21)12(22,23)13(24,25)26/h2-6H2,1H3,(H,27,28). The zero-order valence-corrected chi connectivity index (χ0v) is 15.9. The number of amides is 1. The molecule has 0 rings (SSSR count). The Morgan fingerprint density at radius 3 is 1.55 bits per heavy atom. The molecular weight excluding hydrogens is 497 g/mol. The number of sulfonamides is 1. The fourth-order valence-electron chi connectivity index (χ4n) is 1.84. The summed E-state index contributed by atoms with van der Waals surface area (Å²) in [7, 11) is -4.46. The van der Waals surface area contributed by atoms with Crippen molar-refractivity contribution >= 4 is 15.9 Å². The first-order valence-electron chi connectivity index (χ1n) is 7.90. The summed E-state index contributed by atoms with van der Waals surface area (Å²) in [5, 5.41) is 0. The minimum atomic E-state index is -8.03. The van der Waals surface area contributed by atoms with E-state index in [1.807, 2.05) is 0 Å². The van der Waals surface area contributed by atoms with Crippen molar-refractivity contribution in [3.05, 3.63) is 0 Å². The van der Waals surface area contributed by atoms with E-state index in [-0.39, 0.29) is 12.8 Å². The second-order valence-corrected chi connectivity index (χ2v) is 8.04. The number of hydrogen-bond donors (Lipinski definition) is 1. The van der Waals surface area contributed by atoms with Crippen molar-refractivity contribution in [2.75, 3.05) is 5.75 Å². The van der Waals surface area contributed by atoms with Gasteiger partial charge in [0, 0.05) is 12.8 Å². The van der Waals surface area contributed by atoms with Crippen LogP contribution in [0.3, 0.4) is 0 Å². The fraction of sp³-hybridized carbons (Fsp3) is 0.923. The van der Waals surface area contributed by atoms with E-state index in [0.717, 1.165) is 4.72 Å². The average Bonchev–Trinajstić information content (AvgIpc) is 2.56. The Balaban J connectivity index is 5.71. The molecule has 0 fully saturated rings. The summed E-state index contributed by atoms with van der Waals surface area (Å²) in [6.45, 7) is 1.50. The van der Waals surface area contributed by atoms with Crippen LogP contribution < -0.4 is 4.72 Å². The number of nitrogens with one attached hydrogen (secondary N) is 1. The Hall–Kier alpha value is -1.49. The van der Waals surface area contributed by atoms with Crippen LogP contribution >= 0.6 is 0 Å². The van der Waals surface area contributed by atoms with Crippen molar-refractivity contribution in [2.24, 2.45) is 0 Å². The van der Waals surface area contributed by atoms with Crippen molar-refractivity contribution in [1.29, 1.82) is 0 Å². The summed E-state index contributed by atoms with van der Waals surface area (Å²) in [5.41, 5.74) is 0. The zero-order valence-electron chi connectivity index (χ0n) is 15.1. The Morgan fingerprint density at radius 2 is 1.16 bits per heavy atom. The van der Waals surface area contributed by atoms with Crippen LogP contribution in [0.2, 0.25) is 0 Å². The monoisotopic (exact) mass is 511 g/mol. The number of halogens is 13. The lowest BCUT2D eigenvalue weighted by Gasteiger charge is -2.39. The predicted molar refractivity (Wildman–Crippen MR) is 76.9 cm³/mol. The smallest absolute Gasteiger partial charge is 0.274 e. The molecule has 0 aromatic rings. The molecule has 0 heterocycles. The molecule has 0 aromatic carbocycles. The topological polar surface area (TPSA) is 63.2 Å². The molecule has 4 nitrogen and oxygen atoms in total. The van der Waals surface area contributed by atoms with Crippen molar-refractivity contribution in [1.82, 2.24) is 4.72 Å². The SMILES string of the molecule is CCCCS(=O)(=O)NC(=O)CCC(F)(F)C(F)(F)C(F)(F)C(F)(F)C(F)(F)C(F)(F)F. The predicted octanol–water partition coefficient (Wildman–Crippen LogP) is 4.75. The van der Waals surface area contributed by atoms with E-state index in [0.29, 0.717) is 0 Å². The molecule has 0 aliphatic heterocycles. The fourth-order valence-corrected chi connectivity index (χ4v) is 3.06. The van der Waals surface area contributed by atoms with Crippen molar-refractivity contribution in [2.45, 2.75) is 68.4 Å². The van der Waals surface area contributed by atoms with Gasteiger partial charge in [-0.05, 0) is 6.42 Å². The van der Waals surface area contributed by atoms with Crippen LogP contribution in [0.25, 0.3) is 0 Å². The van der Waals surface area contributed by atoms with Gasteiger partial charge in [0.05, 0.1) is 5.75 Å². The largest absolute Gasteiger partial charge is 0.460 e. The third-order valence-corrected chi connectivity index (χ3v) is 5.07. The second kappa shape index (κ2) is 8.80. The van der Waals surface area contributed by atoms with Gasteiger partial charge in [0.2, 0.25) is 15.9 Å². The van der Waals surface area contributed by atoms with Gasteiger partial charge in [0.25, 0.3) is 0 Å². The second-order valence-electron chi connectivity index (χ2n) is 6.20. The summed E-state index contributed by atoms with van der Waals surface area (Å²) in [6.07, 6.45) is -12.1. The average molecular weight is 511 g/mol. The van der Waals surface area contributed by atoms with Gasteiger partial charge in [0.1, 0.15) is 0 Å². The molecule has 31 heavy (non-hydrogen) atoms. The normalized spacial score (nSPS) is 15.2. The molecule has 1 N–H and O–H groups in total. The highest BCUT2D eigenvalue weighted by Crippen LogP contribution is 2.60. The van der Waals surface area contributed by atoms with E-state index in [1.165, 1.54) is 6.92 Å². The summed E-state index contributed by atoms with van der Waals surface area (Å²) in [4.78, 5) is 11.3. The van der Waals surface area contributed by atoms with Gasteiger partial charge in [-0.2, -0.15) is 57.1 Å². The molecule has 186 valence electrons. The van der Waals surface area contributed by atoms with Crippen molar-refractivity contribution in [3.8, 4) is 0 Å². The molecule has 0 saturated carbocycles. The maximum atomic E-state index is 13.5. The van der Waals surface area contributed by atoms with Crippen LogP contribution in [-0.2, 0) is 14.8 Å². The molecule has 0 unspecified atom stereocenters. The third-order valence-electron chi connectivity index (χ3n) is 3.70. The number of carbonyl (C=O) groups excluding carboxylic acids is 1. The minimum absolute atomic E-state index is 0.0500. The Morgan fingerprint density at radius 1 is 0.742 bits per heavy atom. The quantitative estimate of drug-likeness (QED) is 0.408. The van der Waals surface area contributed by atoms with Gasteiger partial charge in [-0.15, -0.1) is 0 Å². The Kier molecular flexibility index (Phi) is 8.38. The molecule has 0 aromatic heterocycles. The van der Waals surface area contributed by atoms with Crippen LogP contribution in [0.4, 0.5) is 57.1 Å². The first kappa shape index (κ1) is 29.5. The van der Waals surface area contributed by atoms with Gasteiger partial charge in [-0.1, -0.05) is 13.3 Å². The number of unbranched alkanes of at least 4 members (excludes halogenated alkanes) is 1. The summed E-state index contributed by atoms with van der Waals surface area (Å²) < 4.78 is 191. The molecule has 0 spiro atoms. The molecule has 0 atom stereocenters. The lowest BCUT2D eigenvalue weighted by molar-refractivity contribution is -0.440. The third kappa shape index (κ3) is 5.66. The molecule has 0 bridgehead atoms. The van der Waals surface area contributed by atoms with Crippen LogP contribution in [-0.4, -0.2) is 55.9 Å². The lowest BCUT2D eigenvalue weighted by atomic mass is 9.92. The number of carbonyl (C=O) groups is 1. The number of hydrogen-bond acceptors (Lipinski definition) is 3. The van der Waals surface area contributed by atoms with Gasteiger partial charge in [-0.25, -0.2) is 8.42 Å². The van der Waals surface area contributed by atoms with E-state index in [1.54, 1.807) is 0 Å². The van der Waals surface area contributed by atoms with Gasteiger partial charge >= 0.3 is 35.8 Å². The van der Waals surface area contributed by atoms with E-state index < -0.39 is 70.3 Å². The number of rotatable bonds is 11. The van der Waals surface area contributed by atoms with Gasteiger partial charge in [0.15, 0.2) is 0 Å². The number of alkyl halides is 13. The van der Waals surface area contributed by atoms with E-state index in [9.17, 15) is 70.3 Å². The van der Waals surface area contributed by atoms with Gasteiger partial charge < -0.3 is 0 Å². The highest BCUT2D eigenvalue weighted by molar-refractivity contribution is 7.90. The first-order valence-corrected chi connectivity index (χ1v) is 9.55. The van der Waals surface area contributed by atoms with E-state index in [4.69, 9.17) is 0 Å². The van der Waals surface area contributed by atoms with Crippen LogP contribution in [0.15, 0.2) is 0 Å². The highest BCUT2D eigenvalue weighted by atomic mass is 32.2. The Labute approximate surface area is 166 Å². The zero-order chi connectivity index (χ0) is 25.3. The lowest BCUT2D eigenvalue weighted by Crippen LogP contribution is -2.70. The summed E-state index contributed by atoms with van der Waals surface area (Å²) in [6, 6.07) is 0. The van der Waals surface area contributed by atoms with E-state index >= 15 is 0 Å². The first-order chi connectivity index (χ1) is 13.4. The maximum absolute atomic E-state index is 13.5.